The summed E-state index contributed by atoms with van der Waals surface area (Å²) in [6.45, 7) is 4.16. The van der Waals surface area contributed by atoms with Crippen LogP contribution in [0.4, 0.5) is 16.2 Å². The molecule has 3 amide bonds. The highest BCUT2D eigenvalue weighted by Gasteiger charge is 2.26. The number of amides is 3. The summed E-state index contributed by atoms with van der Waals surface area (Å²) in [5.74, 6) is 0.000319. The smallest absolute Gasteiger partial charge is 0.321 e. The number of carbonyl (C=O) groups excluding carboxylic acids is 2. The summed E-state index contributed by atoms with van der Waals surface area (Å²) in [6.07, 6.45) is 4.50. The van der Waals surface area contributed by atoms with Crippen molar-refractivity contribution in [3.05, 3.63) is 48.0 Å². The minimum absolute atomic E-state index is 0.000319. The van der Waals surface area contributed by atoms with Crippen molar-refractivity contribution in [2.45, 2.75) is 42.4 Å². The van der Waals surface area contributed by atoms with Crippen LogP contribution in [0.15, 0.2) is 52.3 Å². The summed E-state index contributed by atoms with van der Waals surface area (Å²) < 4.78 is 0. The van der Waals surface area contributed by atoms with Crippen LogP contribution in [-0.4, -0.2) is 36.5 Å². The van der Waals surface area contributed by atoms with E-state index in [0.717, 1.165) is 52.7 Å². The van der Waals surface area contributed by atoms with Crippen LogP contribution in [-0.2, 0) is 0 Å². The fourth-order valence-corrected chi connectivity index (χ4v) is 4.85. The quantitative estimate of drug-likeness (QED) is 0.758. The highest BCUT2D eigenvalue weighted by atomic mass is 32.2. The van der Waals surface area contributed by atoms with Gasteiger partial charge in [-0.1, -0.05) is 36.7 Å². The number of fused-ring (bicyclic) bond motifs is 2. The Hall–Kier alpha value is -2.47. The maximum Gasteiger partial charge on any atom is 0.321 e. The van der Waals surface area contributed by atoms with E-state index in [2.05, 4.69) is 5.32 Å². The van der Waals surface area contributed by atoms with E-state index in [0.29, 0.717) is 6.54 Å². The number of carbonyl (C=O) groups is 2. The van der Waals surface area contributed by atoms with Crippen molar-refractivity contribution in [1.82, 2.24) is 4.90 Å². The minimum Gasteiger partial charge on any atom is -0.325 e. The number of hydrogen-bond acceptors (Lipinski definition) is 3. The van der Waals surface area contributed by atoms with Crippen molar-refractivity contribution in [2.24, 2.45) is 0 Å². The lowest BCUT2D eigenvalue weighted by atomic mass is 10.1. The molecule has 2 aromatic rings. The summed E-state index contributed by atoms with van der Waals surface area (Å²) in [6, 6.07) is 13.5. The van der Waals surface area contributed by atoms with Gasteiger partial charge in [0.25, 0.3) is 5.91 Å². The zero-order valence-corrected chi connectivity index (χ0v) is 16.9. The highest BCUT2D eigenvalue weighted by molar-refractivity contribution is 7.99. The predicted octanol–water partition coefficient (Wildman–Crippen LogP) is 5.23. The Balaban J connectivity index is 1.61. The number of likely N-dealkylation sites (tertiary alicyclic amines) is 1. The lowest BCUT2D eigenvalue weighted by molar-refractivity contribution is 0.0985. The number of rotatable bonds is 2. The number of anilines is 2. The van der Waals surface area contributed by atoms with Crippen LogP contribution >= 0.6 is 11.8 Å². The number of hydrogen-bond donors (Lipinski definition) is 1. The Bertz CT molecular complexity index is 891. The molecule has 0 saturated carbocycles. The monoisotopic (exact) mass is 395 g/mol. The fraction of sp³-hybridized carbons (Fsp3) is 0.364. The Morgan fingerprint density at radius 2 is 1.79 bits per heavy atom. The average Bonchev–Trinajstić information content (AvgIpc) is 3.05. The molecule has 2 aliphatic rings. The molecular weight excluding hydrogens is 370 g/mol. The van der Waals surface area contributed by atoms with Gasteiger partial charge in [-0.3, -0.25) is 4.79 Å². The minimum atomic E-state index is -0.0548. The molecular formula is C22H25N3O2S. The molecule has 6 heteroatoms. The van der Waals surface area contributed by atoms with Crippen LogP contribution in [0.25, 0.3) is 0 Å². The Morgan fingerprint density at radius 1 is 1.04 bits per heavy atom. The third-order valence-electron chi connectivity index (χ3n) is 5.29. The first-order chi connectivity index (χ1) is 13.7. The zero-order chi connectivity index (χ0) is 19.5. The van der Waals surface area contributed by atoms with Gasteiger partial charge >= 0.3 is 6.03 Å². The lowest BCUT2D eigenvalue weighted by Crippen LogP contribution is -2.35. The first kappa shape index (κ1) is 18.9. The van der Waals surface area contributed by atoms with Crippen molar-refractivity contribution in [3.8, 4) is 0 Å². The van der Waals surface area contributed by atoms with Crippen molar-refractivity contribution in [2.75, 3.05) is 29.9 Å². The number of benzene rings is 2. The molecule has 0 unspecified atom stereocenters. The molecule has 0 bridgehead atoms. The Labute approximate surface area is 170 Å². The van der Waals surface area contributed by atoms with Gasteiger partial charge in [-0.25, -0.2) is 4.79 Å². The third kappa shape index (κ3) is 3.74. The van der Waals surface area contributed by atoms with Crippen LogP contribution in [0.5, 0.6) is 0 Å². The van der Waals surface area contributed by atoms with Gasteiger partial charge in [0.1, 0.15) is 0 Å². The van der Waals surface area contributed by atoms with Crippen LogP contribution in [0.3, 0.4) is 0 Å². The maximum absolute atomic E-state index is 13.1. The van der Waals surface area contributed by atoms with Crippen LogP contribution < -0.4 is 10.2 Å². The molecule has 146 valence electrons. The second kappa shape index (κ2) is 8.27. The van der Waals surface area contributed by atoms with E-state index >= 15 is 0 Å². The van der Waals surface area contributed by atoms with Gasteiger partial charge in [-0.05, 0) is 50.1 Å². The number of nitrogens with zero attached hydrogens (tertiary/aromatic N) is 2. The topological polar surface area (TPSA) is 52.7 Å². The van der Waals surface area contributed by atoms with E-state index in [1.54, 1.807) is 16.7 Å². The summed E-state index contributed by atoms with van der Waals surface area (Å²) >= 11 is 1.60. The summed E-state index contributed by atoms with van der Waals surface area (Å²) in [7, 11) is 0. The normalized spacial score (nSPS) is 16.7. The largest absolute Gasteiger partial charge is 0.325 e. The first-order valence-corrected chi connectivity index (χ1v) is 10.8. The van der Waals surface area contributed by atoms with Gasteiger partial charge in [0.15, 0.2) is 0 Å². The molecule has 4 rings (SSSR count). The van der Waals surface area contributed by atoms with Gasteiger partial charge < -0.3 is 15.1 Å². The second-order valence-electron chi connectivity index (χ2n) is 7.16. The van der Waals surface area contributed by atoms with Gasteiger partial charge in [0.2, 0.25) is 0 Å². The molecule has 0 radical (unpaired) electrons. The molecule has 1 fully saturated rings. The zero-order valence-electron chi connectivity index (χ0n) is 16.1. The lowest BCUT2D eigenvalue weighted by Gasteiger charge is -2.23. The highest BCUT2D eigenvalue weighted by Crippen LogP contribution is 2.42. The van der Waals surface area contributed by atoms with Crippen molar-refractivity contribution >= 4 is 35.1 Å². The van der Waals surface area contributed by atoms with Crippen molar-refractivity contribution in [1.29, 1.82) is 0 Å². The maximum atomic E-state index is 13.1. The van der Waals surface area contributed by atoms with E-state index in [9.17, 15) is 9.59 Å². The van der Waals surface area contributed by atoms with Gasteiger partial charge in [0.05, 0.1) is 11.3 Å². The predicted molar refractivity (Wildman–Crippen MR) is 113 cm³/mol. The van der Waals surface area contributed by atoms with E-state index in [-0.39, 0.29) is 11.9 Å². The average molecular weight is 396 g/mol. The molecule has 2 aliphatic heterocycles. The molecule has 1 N–H and O–H groups in total. The Morgan fingerprint density at radius 3 is 2.54 bits per heavy atom. The van der Waals surface area contributed by atoms with Crippen molar-refractivity contribution < 1.29 is 9.59 Å². The molecule has 0 aliphatic carbocycles. The molecule has 2 heterocycles. The van der Waals surface area contributed by atoms with Gasteiger partial charge in [-0.2, -0.15) is 0 Å². The first-order valence-electron chi connectivity index (χ1n) is 9.96. The standard InChI is InChI=1S/C22H25N3O2S/c1-2-25-18-15-16(23-22(27)24-13-7-3-4-8-14-24)11-12-20(18)28-19-10-6-5-9-17(19)21(25)26/h5-6,9-12,15H,2-4,7-8,13-14H2,1H3,(H,23,27). The summed E-state index contributed by atoms with van der Waals surface area (Å²) in [4.78, 5) is 31.4. The molecule has 0 atom stereocenters. The molecule has 28 heavy (non-hydrogen) atoms. The third-order valence-corrected chi connectivity index (χ3v) is 6.43. The van der Waals surface area contributed by atoms with Crippen LogP contribution in [0, 0.1) is 0 Å². The van der Waals surface area contributed by atoms with E-state index in [1.807, 2.05) is 54.3 Å². The van der Waals surface area contributed by atoms with E-state index < -0.39 is 0 Å². The number of urea groups is 1. The molecule has 5 nitrogen and oxygen atoms in total. The second-order valence-corrected chi connectivity index (χ2v) is 8.25. The van der Waals surface area contributed by atoms with Crippen molar-refractivity contribution in [3.63, 3.8) is 0 Å². The molecule has 1 saturated heterocycles. The SMILES string of the molecule is CCN1C(=O)c2ccccc2Sc2ccc(NC(=O)N3CCCCCC3)cc21. The Kier molecular flexibility index (Phi) is 5.57. The van der Waals surface area contributed by atoms with Crippen LogP contribution in [0.2, 0.25) is 0 Å². The van der Waals surface area contributed by atoms with E-state index in [1.165, 1.54) is 12.8 Å². The van der Waals surface area contributed by atoms with E-state index in [4.69, 9.17) is 0 Å². The fourth-order valence-electron chi connectivity index (χ4n) is 3.79. The molecule has 0 spiro atoms. The molecule has 2 aromatic carbocycles. The number of nitrogens with one attached hydrogen (secondary N) is 1. The summed E-state index contributed by atoms with van der Waals surface area (Å²) in [5, 5.41) is 3.03. The van der Waals surface area contributed by atoms with Crippen LogP contribution in [0.1, 0.15) is 43.0 Å². The summed E-state index contributed by atoms with van der Waals surface area (Å²) in [5.41, 5.74) is 2.30. The van der Waals surface area contributed by atoms with Gasteiger partial charge in [0, 0.05) is 35.1 Å². The molecule has 0 aromatic heterocycles. The van der Waals surface area contributed by atoms with Gasteiger partial charge in [-0.15, -0.1) is 0 Å².